The Morgan fingerprint density at radius 3 is 2.60 bits per heavy atom. The van der Waals surface area contributed by atoms with Crippen LogP contribution in [-0.4, -0.2) is 32.4 Å². The van der Waals surface area contributed by atoms with Crippen molar-refractivity contribution in [2.45, 2.75) is 37.9 Å². The molecule has 2 heterocycles. The van der Waals surface area contributed by atoms with Gasteiger partial charge >= 0.3 is 6.18 Å². The molecule has 0 spiro atoms. The number of rotatable bonds is 4. The molecule has 0 bridgehead atoms. The van der Waals surface area contributed by atoms with Gasteiger partial charge < -0.3 is 10.8 Å². The fraction of sp³-hybridized carbons (Fsp3) is 0.381. The van der Waals surface area contributed by atoms with Crippen molar-refractivity contribution < 1.29 is 24.4 Å². The Labute approximate surface area is 171 Å². The topological polar surface area (TPSA) is 94.0 Å². The largest absolute Gasteiger partial charge is 0.433 e. The van der Waals surface area contributed by atoms with Gasteiger partial charge in [-0.1, -0.05) is 6.07 Å². The molecule has 0 radical (unpaired) electrons. The first-order valence-corrected chi connectivity index (χ1v) is 9.60. The van der Waals surface area contributed by atoms with E-state index in [0.717, 1.165) is 18.9 Å². The molecule has 158 valence electrons. The van der Waals surface area contributed by atoms with Crippen LogP contribution in [0.5, 0.6) is 0 Å². The van der Waals surface area contributed by atoms with E-state index in [4.69, 9.17) is 7.10 Å². The molecule has 0 unspecified atom stereocenters. The highest BCUT2D eigenvalue weighted by molar-refractivity contribution is 5.99. The predicted octanol–water partition coefficient (Wildman–Crippen LogP) is 3.94. The summed E-state index contributed by atoms with van der Waals surface area (Å²) >= 11 is 0. The average Bonchev–Trinajstić information content (AvgIpc) is 3.17. The van der Waals surface area contributed by atoms with E-state index in [-0.39, 0.29) is 18.1 Å². The molecule has 6 nitrogen and oxygen atoms in total. The van der Waals surface area contributed by atoms with Gasteiger partial charge in [-0.3, -0.25) is 9.48 Å². The zero-order valence-corrected chi connectivity index (χ0v) is 16.0. The van der Waals surface area contributed by atoms with Gasteiger partial charge in [0, 0.05) is 23.8 Å². The number of nitrogens with zero attached hydrogens (tertiary/aromatic N) is 3. The van der Waals surface area contributed by atoms with Gasteiger partial charge in [0.2, 0.25) is 0 Å². The SMILES string of the molecule is [2H]C1(n2cc3cc(-c4ccc(C(F)(F)F)nc4C(N)=O)ccc3n2)CCC(CO)CC1. The lowest BCUT2D eigenvalue weighted by Crippen LogP contribution is -2.20. The standard InChI is InChI=1S/C21H21F3N4O2/c22-21(23,24)18-8-6-16(19(26-18)20(25)30)13-3-7-17-14(9-13)10-28(27-17)15-4-1-12(11-29)2-5-15/h3,6-10,12,15,29H,1-2,4-5,11H2,(H2,25,30)/i15D. The fourth-order valence-electron chi connectivity index (χ4n) is 3.82. The lowest BCUT2D eigenvalue weighted by Gasteiger charge is -2.27. The second-order valence-electron chi connectivity index (χ2n) is 7.49. The minimum Gasteiger partial charge on any atom is -0.396 e. The summed E-state index contributed by atoms with van der Waals surface area (Å²) in [5.41, 5.74) is 4.94. The predicted molar refractivity (Wildman–Crippen MR) is 105 cm³/mol. The molecule has 2 aromatic heterocycles. The third-order valence-electron chi connectivity index (χ3n) is 5.50. The Kier molecular flexibility index (Phi) is 4.90. The highest BCUT2D eigenvalue weighted by Gasteiger charge is 2.33. The van der Waals surface area contributed by atoms with Gasteiger partial charge in [-0.15, -0.1) is 0 Å². The molecular weight excluding hydrogens is 397 g/mol. The van der Waals surface area contributed by atoms with Gasteiger partial charge in [-0.05, 0) is 61.4 Å². The lowest BCUT2D eigenvalue weighted by atomic mass is 9.87. The number of benzene rings is 1. The van der Waals surface area contributed by atoms with Gasteiger partial charge in [-0.25, -0.2) is 4.98 Å². The Balaban J connectivity index is 1.72. The fourth-order valence-corrected chi connectivity index (χ4v) is 3.82. The lowest BCUT2D eigenvalue weighted by molar-refractivity contribution is -0.141. The number of fused-ring (bicyclic) bond motifs is 1. The first kappa shape index (κ1) is 19.0. The van der Waals surface area contributed by atoms with Crippen molar-refractivity contribution in [1.29, 1.82) is 0 Å². The zero-order valence-electron chi connectivity index (χ0n) is 17.0. The van der Waals surface area contributed by atoms with Crippen molar-refractivity contribution in [2.75, 3.05) is 6.61 Å². The normalized spacial score (nSPS) is 22.8. The van der Waals surface area contributed by atoms with E-state index in [1.54, 1.807) is 29.1 Å². The van der Waals surface area contributed by atoms with E-state index in [0.29, 0.717) is 29.3 Å². The number of amides is 1. The summed E-state index contributed by atoms with van der Waals surface area (Å²) in [5, 5.41) is 14.5. The van der Waals surface area contributed by atoms with Crippen LogP contribution < -0.4 is 5.73 Å². The van der Waals surface area contributed by atoms with Crippen molar-refractivity contribution >= 4 is 16.8 Å². The van der Waals surface area contributed by atoms with Crippen LogP contribution in [0, 0.1) is 5.92 Å². The quantitative estimate of drug-likeness (QED) is 0.670. The molecule has 3 aromatic rings. The summed E-state index contributed by atoms with van der Waals surface area (Å²) in [6.07, 6.45) is -0.361. The molecule has 1 aliphatic carbocycles. The molecule has 1 fully saturated rings. The number of pyridine rings is 1. The monoisotopic (exact) mass is 419 g/mol. The van der Waals surface area contributed by atoms with Crippen molar-refractivity contribution in [3.05, 3.63) is 47.9 Å². The summed E-state index contributed by atoms with van der Waals surface area (Å²) in [7, 11) is 0. The highest BCUT2D eigenvalue weighted by atomic mass is 19.4. The van der Waals surface area contributed by atoms with Crippen LogP contribution in [0.4, 0.5) is 13.2 Å². The van der Waals surface area contributed by atoms with E-state index < -0.39 is 29.5 Å². The van der Waals surface area contributed by atoms with Crippen LogP contribution in [0.2, 0.25) is 0 Å². The van der Waals surface area contributed by atoms with Gasteiger partial charge in [0.15, 0.2) is 0 Å². The number of aliphatic hydroxyl groups is 1. The van der Waals surface area contributed by atoms with Crippen LogP contribution >= 0.6 is 0 Å². The van der Waals surface area contributed by atoms with Crippen molar-refractivity contribution in [1.82, 2.24) is 14.8 Å². The number of aromatic nitrogens is 3. The van der Waals surface area contributed by atoms with Crippen LogP contribution in [0.15, 0.2) is 36.5 Å². The second-order valence-corrected chi connectivity index (χ2v) is 7.49. The van der Waals surface area contributed by atoms with Crippen LogP contribution in [0.1, 0.15) is 49.3 Å². The van der Waals surface area contributed by atoms with Gasteiger partial charge in [-0.2, -0.15) is 18.3 Å². The Morgan fingerprint density at radius 1 is 1.23 bits per heavy atom. The summed E-state index contributed by atoms with van der Waals surface area (Å²) < 4.78 is 49.3. The molecule has 0 atom stereocenters. The van der Waals surface area contributed by atoms with Crippen molar-refractivity contribution in [3.63, 3.8) is 0 Å². The number of hydrogen-bond acceptors (Lipinski definition) is 4. The molecule has 1 aromatic carbocycles. The summed E-state index contributed by atoms with van der Waals surface area (Å²) in [6, 6.07) is 6.09. The van der Waals surface area contributed by atoms with E-state index in [2.05, 4.69) is 10.1 Å². The van der Waals surface area contributed by atoms with Crippen LogP contribution in [0.3, 0.4) is 0 Å². The number of carbonyl (C=O) groups is 1. The van der Waals surface area contributed by atoms with Crippen molar-refractivity contribution in [3.8, 4) is 11.1 Å². The number of alkyl halides is 3. The molecule has 30 heavy (non-hydrogen) atoms. The number of halogens is 3. The highest BCUT2D eigenvalue weighted by Crippen LogP contribution is 2.34. The first-order chi connectivity index (χ1) is 14.6. The summed E-state index contributed by atoms with van der Waals surface area (Å²) in [5.74, 6) is -0.850. The Hall–Kier alpha value is -2.94. The van der Waals surface area contributed by atoms with E-state index in [1.165, 1.54) is 6.07 Å². The number of nitrogens with two attached hydrogens (primary N) is 1. The molecule has 1 saturated carbocycles. The molecule has 0 aliphatic heterocycles. The third-order valence-corrected chi connectivity index (χ3v) is 5.50. The molecule has 9 heteroatoms. The van der Waals surface area contributed by atoms with E-state index in [9.17, 15) is 23.1 Å². The zero-order chi connectivity index (χ0) is 22.4. The molecule has 0 saturated heterocycles. The smallest absolute Gasteiger partial charge is 0.396 e. The van der Waals surface area contributed by atoms with E-state index in [1.807, 2.05) is 0 Å². The van der Waals surface area contributed by atoms with Gasteiger partial charge in [0.25, 0.3) is 5.91 Å². The van der Waals surface area contributed by atoms with Crippen LogP contribution in [-0.2, 0) is 6.18 Å². The summed E-state index contributed by atoms with van der Waals surface area (Å²) in [6.45, 7) is 0.115. The average molecular weight is 419 g/mol. The second kappa shape index (κ2) is 7.71. The number of hydrogen-bond donors (Lipinski definition) is 2. The Morgan fingerprint density at radius 2 is 1.97 bits per heavy atom. The maximum atomic E-state index is 13.0. The number of carbonyl (C=O) groups excluding carboxylic acids is 1. The Bertz CT molecular complexity index is 1140. The molecule has 1 amide bonds. The summed E-state index contributed by atoms with van der Waals surface area (Å²) in [4.78, 5) is 15.2. The molecular formula is C21H21F3N4O2. The maximum Gasteiger partial charge on any atom is 0.433 e. The minimum absolute atomic E-state index is 0.115. The van der Waals surface area contributed by atoms with Gasteiger partial charge in [0.1, 0.15) is 11.4 Å². The maximum absolute atomic E-state index is 13.0. The van der Waals surface area contributed by atoms with Crippen molar-refractivity contribution in [2.24, 2.45) is 11.7 Å². The number of primary amides is 1. The molecule has 3 N–H and O–H groups in total. The van der Waals surface area contributed by atoms with Gasteiger partial charge in [0.05, 0.1) is 12.9 Å². The number of aliphatic hydroxyl groups excluding tert-OH is 1. The third kappa shape index (κ3) is 3.89. The van der Waals surface area contributed by atoms with Crippen LogP contribution in [0.25, 0.3) is 22.0 Å². The van der Waals surface area contributed by atoms with E-state index >= 15 is 0 Å². The molecule has 4 rings (SSSR count). The minimum atomic E-state index is -4.69. The first-order valence-electron chi connectivity index (χ1n) is 10.1. The molecule has 1 aliphatic rings.